The molecule has 0 radical (unpaired) electrons. The topological polar surface area (TPSA) is 60.4 Å². The van der Waals surface area contributed by atoms with Gasteiger partial charge in [0.2, 0.25) is 0 Å². The third-order valence-electron chi connectivity index (χ3n) is 3.46. The van der Waals surface area contributed by atoms with Gasteiger partial charge >= 0.3 is 5.97 Å². The summed E-state index contributed by atoms with van der Waals surface area (Å²) in [6, 6.07) is 0. The second-order valence-electron chi connectivity index (χ2n) is 4.55. The predicted molar refractivity (Wildman–Crippen MR) is 57.8 cm³/mol. The fourth-order valence-corrected chi connectivity index (χ4v) is 2.62. The van der Waals surface area contributed by atoms with Crippen LogP contribution < -0.4 is 0 Å². The highest BCUT2D eigenvalue weighted by Crippen LogP contribution is 2.44. The average molecular weight is 226 g/mol. The number of Topliss-reactive ketones (excluding diaryl/α,β-unsaturated/α-hetero) is 2. The van der Waals surface area contributed by atoms with Gasteiger partial charge in [-0.25, -0.2) is 0 Å². The molecule has 1 aliphatic carbocycles. The summed E-state index contributed by atoms with van der Waals surface area (Å²) in [5.41, 5.74) is -1.07. The summed E-state index contributed by atoms with van der Waals surface area (Å²) in [4.78, 5) is 34.8. The third-order valence-corrected chi connectivity index (χ3v) is 3.46. The van der Waals surface area contributed by atoms with Crippen LogP contribution in [0.2, 0.25) is 0 Å². The smallest absolute Gasteiger partial charge is 0.319 e. The number of methoxy groups -OCH3 is 1. The van der Waals surface area contributed by atoms with E-state index < -0.39 is 11.4 Å². The molecule has 1 rings (SSSR count). The van der Waals surface area contributed by atoms with Gasteiger partial charge < -0.3 is 9.53 Å². The molecule has 4 heteroatoms. The highest BCUT2D eigenvalue weighted by molar-refractivity contribution is 6.05. The van der Waals surface area contributed by atoms with Crippen LogP contribution in [0.5, 0.6) is 0 Å². The number of ether oxygens (including phenoxy) is 1. The van der Waals surface area contributed by atoms with E-state index in [9.17, 15) is 14.4 Å². The summed E-state index contributed by atoms with van der Waals surface area (Å²) in [6.45, 7) is 3.25. The average Bonchev–Trinajstić information content (AvgIpc) is 2.59. The molecule has 2 unspecified atom stereocenters. The Morgan fingerprint density at radius 2 is 2.12 bits per heavy atom. The Morgan fingerprint density at radius 1 is 1.50 bits per heavy atom. The van der Waals surface area contributed by atoms with Gasteiger partial charge in [0, 0.05) is 12.8 Å². The summed E-state index contributed by atoms with van der Waals surface area (Å²) in [5.74, 6) is -0.834. The Bertz CT molecular complexity index is 321. The van der Waals surface area contributed by atoms with Crippen LogP contribution in [0.4, 0.5) is 0 Å². The number of esters is 1. The van der Waals surface area contributed by atoms with E-state index in [1.165, 1.54) is 14.0 Å². The van der Waals surface area contributed by atoms with Crippen molar-refractivity contribution in [1.82, 2.24) is 0 Å². The van der Waals surface area contributed by atoms with Crippen molar-refractivity contribution in [2.75, 3.05) is 7.11 Å². The van der Waals surface area contributed by atoms with Crippen LogP contribution in [0.1, 0.15) is 39.5 Å². The molecule has 16 heavy (non-hydrogen) atoms. The first-order valence-electron chi connectivity index (χ1n) is 5.56. The Kier molecular flexibility index (Phi) is 3.83. The van der Waals surface area contributed by atoms with Gasteiger partial charge in [0.1, 0.15) is 17.0 Å². The number of hydrogen-bond donors (Lipinski definition) is 0. The number of carbonyl (C=O) groups excluding carboxylic acids is 3. The van der Waals surface area contributed by atoms with E-state index >= 15 is 0 Å². The van der Waals surface area contributed by atoms with Gasteiger partial charge in [-0.1, -0.05) is 6.92 Å². The Morgan fingerprint density at radius 3 is 2.50 bits per heavy atom. The van der Waals surface area contributed by atoms with Gasteiger partial charge in [0.05, 0.1) is 7.11 Å². The van der Waals surface area contributed by atoms with E-state index in [2.05, 4.69) is 0 Å². The van der Waals surface area contributed by atoms with E-state index in [0.717, 1.165) is 0 Å². The molecule has 1 saturated carbocycles. The lowest BCUT2D eigenvalue weighted by molar-refractivity contribution is -0.160. The summed E-state index contributed by atoms with van der Waals surface area (Å²) >= 11 is 0. The lowest BCUT2D eigenvalue weighted by atomic mass is 9.72. The maximum absolute atomic E-state index is 11.9. The maximum atomic E-state index is 11.9. The molecule has 2 atom stereocenters. The second kappa shape index (κ2) is 4.76. The first kappa shape index (κ1) is 12.9. The predicted octanol–water partition coefficient (Wildman–Crippen LogP) is 1.51. The number of rotatable bonds is 4. The van der Waals surface area contributed by atoms with Gasteiger partial charge in [-0.15, -0.1) is 0 Å². The van der Waals surface area contributed by atoms with Crippen molar-refractivity contribution in [3.05, 3.63) is 0 Å². The SMILES string of the molecule is COC(=O)C1(C(C)CC(C)=O)CCCC1=O. The van der Waals surface area contributed by atoms with E-state index in [-0.39, 0.29) is 23.9 Å². The molecule has 0 spiro atoms. The minimum atomic E-state index is -1.07. The van der Waals surface area contributed by atoms with Crippen molar-refractivity contribution in [1.29, 1.82) is 0 Å². The zero-order valence-corrected chi connectivity index (χ0v) is 10.0. The fourth-order valence-electron chi connectivity index (χ4n) is 2.62. The molecule has 0 bridgehead atoms. The van der Waals surface area contributed by atoms with Crippen LogP contribution >= 0.6 is 0 Å². The van der Waals surface area contributed by atoms with Gasteiger partial charge in [0.15, 0.2) is 0 Å². The standard InChI is InChI=1S/C12H18O4/c1-8(7-9(2)13)12(11(15)16-3)6-4-5-10(12)14/h8H,4-7H2,1-3H3. The Balaban J connectivity index is 3.00. The van der Waals surface area contributed by atoms with Crippen molar-refractivity contribution in [3.8, 4) is 0 Å². The highest BCUT2D eigenvalue weighted by Gasteiger charge is 2.53. The fraction of sp³-hybridized carbons (Fsp3) is 0.750. The normalized spacial score (nSPS) is 26.6. The first-order valence-corrected chi connectivity index (χ1v) is 5.56. The summed E-state index contributed by atoms with van der Waals surface area (Å²) < 4.78 is 4.74. The molecule has 90 valence electrons. The van der Waals surface area contributed by atoms with Crippen molar-refractivity contribution in [2.45, 2.75) is 39.5 Å². The Labute approximate surface area is 95.3 Å². The van der Waals surface area contributed by atoms with Crippen LogP contribution in [0, 0.1) is 11.3 Å². The summed E-state index contributed by atoms with van der Waals surface area (Å²) in [6.07, 6.45) is 1.88. The number of ketones is 2. The highest BCUT2D eigenvalue weighted by atomic mass is 16.5. The van der Waals surface area contributed by atoms with E-state index in [0.29, 0.717) is 19.3 Å². The quantitative estimate of drug-likeness (QED) is 0.538. The van der Waals surface area contributed by atoms with Crippen LogP contribution in [-0.2, 0) is 19.1 Å². The summed E-state index contributed by atoms with van der Waals surface area (Å²) in [7, 11) is 1.29. The lowest BCUT2D eigenvalue weighted by Gasteiger charge is -2.30. The van der Waals surface area contributed by atoms with Gasteiger partial charge in [0.25, 0.3) is 0 Å². The molecule has 0 saturated heterocycles. The van der Waals surface area contributed by atoms with Crippen LogP contribution in [0.3, 0.4) is 0 Å². The second-order valence-corrected chi connectivity index (χ2v) is 4.55. The van der Waals surface area contributed by atoms with Gasteiger partial charge in [-0.05, 0) is 25.7 Å². The molecule has 0 aliphatic heterocycles. The van der Waals surface area contributed by atoms with E-state index in [4.69, 9.17) is 4.74 Å². The lowest BCUT2D eigenvalue weighted by Crippen LogP contribution is -2.42. The van der Waals surface area contributed by atoms with Crippen LogP contribution in [0.25, 0.3) is 0 Å². The largest absolute Gasteiger partial charge is 0.468 e. The minimum Gasteiger partial charge on any atom is -0.468 e. The molecule has 0 aromatic heterocycles. The van der Waals surface area contributed by atoms with E-state index in [1.54, 1.807) is 6.92 Å². The molecular formula is C12H18O4. The van der Waals surface area contributed by atoms with Crippen LogP contribution in [-0.4, -0.2) is 24.6 Å². The van der Waals surface area contributed by atoms with Crippen molar-refractivity contribution in [2.24, 2.45) is 11.3 Å². The van der Waals surface area contributed by atoms with Crippen LogP contribution in [0.15, 0.2) is 0 Å². The molecule has 1 fully saturated rings. The molecule has 0 N–H and O–H groups in total. The van der Waals surface area contributed by atoms with E-state index in [1.807, 2.05) is 0 Å². The molecule has 0 amide bonds. The van der Waals surface area contributed by atoms with Crippen molar-refractivity contribution >= 4 is 17.5 Å². The zero-order valence-electron chi connectivity index (χ0n) is 10.0. The molecular weight excluding hydrogens is 208 g/mol. The van der Waals surface area contributed by atoms with Gasteiger partial charge in [-0.3, -0.25) is 9.59 Å². The minimum absolute atomic E-state index is 0.00419. The van der Waals surface area contributed by atoms with Crippen molar-refractivity contribution < 1.29 is 19.1 Å². The first-order chi connectivity index (χ1) is 7.45. The van der Waals surface area contributed by atoms with Gasteiger partial charge in [-0.2, -0.15) is 0 Å². The monoisotopic (exact) mass is 226 g/mol. The molecule has 0 aromatic carbocycles. The number of carbonyl (C=O) groups is 3. The molecule has 4 nitrogen and oxygen atoms in total. The third kappa shape index (κ3) is 2.01. The zero-order chi connectivity index (χ0) is 12.3. The molecule has 0 aromatic rings. The summed E-state index contributed by atoms with van der Waals surface area (Å²) in [5, 5.41) is 0. The Hall–Kier alpha value is -1.19. The molecule has 1 aliphatic rings. The molecule has 0 heterocycles. The number of hydrogen-bond acceptors (Lipinski definition) is 4. The maximum Gasteiger partial charge on any atom is 0.319 e. The van der Waals surface area contributed by atoms with Crippen molar-refractivity contribution in [3.63, 3.8) is 0 Å².